The van der Waals surface area contributed by atoms with E-state index in [1.54, 1.807) is 0 Å². The van der Waals surface area contributed by atoms with Crippen molar-refractivity contribution in [3.63, 3.8) is 0 Å². The second kappa shape index (κ2) is 12.2. The Hall–Kier alpha value is 0.200. The standard InChI is InChI=1S/C13H24N2S.2ClH/c1-4-15(5-2)10-6-9-14-11-13-8-7-12(3)16-13;;/h7-8,14H,4-6,9-11H2,1-3H3;2*1H. The highest BCUT2D eigenvalue weighted by Gasteiger charge is 1.99. The Morgan fingerprint density at radius 1 is 1.17 bits per heavy atom. The zero-order valence-electron chi connectivity index (χ0n) is 11.6. The van der Waals surface area contributed by atoms with Crippen molar-refractivity contribution in [3.05, 3.63) is 21.9 Å². The van der Waals surface area contributed by atoms with Gasteiger partial charge < -0.3 is 10.2 Å². The third kappa shape index (κ3) is 8.33. The first kappa shape index (κ1) is 20.5. The van der Waals surface area contributed by atoms with E-state index in [0.717, 1.165) is 13.1 Å². The molecule has 0 radical (unpaired) electrons. The number of halogens is 2. The smallest absolute Gasteiger partial charge is 0.0299 e. The third-order valence-electron chi connectivity index (χ3n) is 2.82. The van der Waals surface area contributed by atoms with Crippen LogP contribution >= 0.6 is 36.2 Å². The number of rotatable bonds is 8. The van der Waals surface area contributed by atoms with Gasteiger partial charge in [-0.1, -0.05) is 13.8 Å². The van der Waals surface area contributed by atoms with Crippen LogP contribution in [0.1, 0.15) is 30.0 Å². The minimum absolute atomic E-state index is 0. The first-order valence-corrected chi connectivity index (χ1v) is 7.06. The molecule has 0 fully saturated rings. The Morgan fingerprint density at radius 2 is 1.83 bits per heavy atom. The second-order valence-electron chi connectivity index (χ2n) is 4.07. The average Bonchev–Trinajstić information content (AvgIpc) is 2.70. The van der Waals surface area contributed by atoms with Crippen LogP contribution in [0, 0.1) is 6.92 Å². The summed E-state index contributed by atoms with van der Waals surface area (Å²) in [5, 5.41) is 3.50. The van der Waals surface area contributed by atoms with Gasteiger partial charge in [0.15, 0.2) is 0 Å². The first-order chi connectivity index (χ1) is 7.76. The van der Waals surface area contributed by atoms with Crippen LogP contribution in [0.25, 0.3) is 0 Å². The van der Waals surface area contributed by atoms with Crippen molar-refractivity contribution in [1.82, 2.24) is 10.2 Å². The summed E-state index contributed by atoms with van der Waals surface area (Å²) in [7, 11) is 0. The Kier molecular flexibility index (Phi) is 14.0. The number of thiophene rings is 1. The van der Waals surface area contributed by atoms with E-state index in [2.05, 4.69) is 43.1 Å². The first-order valence-electron chi connectivity index (χ1n) is 6.24. The van der Waals surface area contributed by atoms with Gasteiger partial charge in [0.05, 0.1) is 0 Å². The normalized spacial score (nSPS) is 10.0. The van der Waals surface area contributed by atoms with Crippen LogP contribution in [-0.2, 0) is 6.54 Å². The van der Waals surface area contributed by atoms with E-state index in [1.165, 1.54) is 35.8 Å². The predicted octanol–water partition coefficient (Wildman–Crippen LogP) is 3.72. The summed E-state index contributed by atoms with van der Waals surface area (Å²) in [5.74, 6) is 0. The summed E-state index contributed by atoms with van der Waals surface area (Å²) in [6.07, 6.45) is 1.24. The van der Waals surface area contributed by atoms with E-state index in [1.807, 2.05) is 11.3 Å². The van der Waals surface area contributed by atoms with Crippen molar-refractivity contribution >= 4 is 36.2 Å². The SMILES string of the molecule is CCN(CC)CCCNCc1ccc(C)s1.Cl.Cl. The van der Waals surface area contributed by atoms with Gasteiger partial charge in [0.2, 0.25) is 0 Å². The summed E-state index contributed by atoms with van der Waals surface area (Å²) in [6.45, 7) is 12.3. The molecule has 0 spiro atoms. The van der Waals surface area contributed by atoms with Gasteiger partial charge in [-0.3, -0.25) is 0 Å². The lowest BCUT2D eigenvalue weighted by Gasteiger charge is -2.17. The highest BCUT2D eigenvalue weighted by molar-refractivity contribution is 7.11. The molecule has 0 atom stereocenters. The molecular formula is C13H26Cl2N2S. The van der Waals surface area contributed by atoms with Crippen LogP contribution < -0.4 is 5.32 Å². The van der Waals surface area contributed by atoms with Crippen LogP contribution in [-0.4, -0.2) is 31.1 Å². The quantitative estimate of drug-likeness (QED) is 0.736. The zero-order valence-corrected chi connectivity index (χ0v) is 14.0. The van der Waals surface area contributed by atoms with Crippen molar-refractivity contribution in [1.29, 1.82) is 0 Å². The monoisotopic (exact) mass is 312 g/mol. The maximum absolute atomic E-state index is 3.50. The molecule has 0 saturated carbocycles. The third-order valence-corrected chi connectivity index (χ3v) is 3.82. The highest BCUT2D eigenvalue weighted by Crippen LogP contribution is 2.14. The molecule has 0 unspecified atom stereocenters. The lowest BCUT2D eigenvalue weighted by Crippen LogP contribution is -2.27. The van der Waals surface area contributed by atoms with Crippen LogP contribution in [0.3, 0.4) is 0 Å². The molecule has 0 aliphatic heterocycles. The van der Waals surface area contributed by atoms with Gasteiger partial charge in [-0.25, -0.2) is 0 Å². The number of nitrogens with zero attached hydrogens (tertiary/aromatic N) is 1. The molecule has 0 amide bonds. The molecule has 5 heteroatoms. The van der Waals surface area contributed by atoms with E-state index in [4.69, 9.17) is 0 Å². The molecule has 0 aliphatic rings. The van der Waals surface area contributed by atoms with Gasteiger partial charge in [0.1, 0.15) is 0 Å². The van der Waals surface area contributed by atoms with Crippen LogP contribution in [0.5, 0.6) is 0 Å². The molecule has 0 bridgehead atoms. The topological polar surface area (TPSA) is 15.3 Å². The van der Waals surface area contributed by atoms with Gasteiger partial charge in [0, 0.05) is 16.3 Å². The van der Waals surface area contributed by atoms with Crippen molar-refractivity contribution in [2.24, 2.45) is 0 Å². The molecule has 108 valence electrons. The summed E-state index contributed by atoms with van der Waals surface area (Å²) in [6, 6.07) is 4.41. The lowest BCUT2D eigenvalue weighted by molar-refractivity contribution is 0.298. The molecule has 18 heavy (non-hydrogen) atoms. The lowest BCUT2D eigenvalue weighted by atomic mass is 10.3. The molecule has 0 aromatic carbocycles. The van der Waals surface area contributed by atoms with Gasteiger partial charge in [0.25, 0.3) is 0 Å². The molecule has 1 rings (SSSR count). The Morgan fingerprint density at radius 3 is 2.33 bits per heavy atom. The van der Waals surface area contributed by atoms with Crippen molar-refractivity contribution in [2.75, 3.05) is 26.2 Å². The highest BCUT2D eigenvalue weighted by atomic mass is 35.5. The van der Waals surface area contributed by atoms with E-state index < -0.39 is 0 Å². The molecule has 2 nitrogen and oxygen atoms in total. The van der Waals surface area contributed by atoms with Crippen LogP contribution in [0.4, 0.5) is 0 Å². The minimum atomic E-state index is 0. The largest absolute Gasteiger partial charge is 0.312 e. The van der Waals surface area contributed by atoms with Crippen molar-refractivity contribution in [3.8, 4) is 0 Å². The van der Waals surface area contributed by atoms with E-state index in [9.17, 15) is 0 Å². The van der Waals surface area contributed by atoms with Gasteiger partial charge in [-0.2, -0.15) is 0 Å². The number of aryl methyl sites for hydroxylation is 1. The Labute approximate surface area is 128 Å². The van der Waals surface area contributed by atoms with Crippen LogP contribution in [0.2, 0.25) is 0 Å². The molecule has 1 N–H and O–H groups in total. The molecule has 0 saturated heterocycles. The van der Waals surface area contributed by atoms with Crippen LogP contribution in [0.15, 0.2) is 12.1 Å². The van der Waals surface area contributed by atoms with E-state index in [0.29, 0.717) is 0 Å². The fourth-order valence-electron chi connectivity index (χ4n) is 1.76. The molecule has 1 aromatic rings. The van der Waals surface area contributed by atoms with Gasteiger partial charge in [-0.15, -0.1) is 36.2 Å². The van der Waals surface area contributed by atoms with Gasteiger partial charge in [-0.05, 0) is 51.7 Å². The van der Waals surface area contributed by atoms with Crippen molar-refractivity contribution < 1.29 is 0 Å². The Balaban J connectivity index is 0. The fraction of sp³-hybridized carbons (Fsp3) is 0.692. The maximum atomic E-state index is 3.50. The molecule has 1 aromatic heterocycles. The predicted molar refractivity (Wildman–Crippen MR) is 87.7 cm³/mol. The van der Waals surface area contributed by atoms with Crippen molar-refractivity contribution in [2.45, 2.75) is 33.7 Å². The fourth-order valence-corrected chi connectivity index (χ4v) is 2.62. The number of nitrogens with one attached hydrogen (secondary N) is 1. The number of hydrogen-bond donors (Lipinski definition) is 1. The average molecular weight is 313 g/mol. The summed E-state index contributed by atoms with van der Waals surface area (Å²) in [5.41, 5.74) is 0. The zero-order chi connectivity index (χ0) is 11.8. The molecular weight excluding hydrogens is 287 g/mol. The summed E-state index contributed by atoms with van der Waals surface area (Å²) in [4.78, 5) is 5.32. The summed E-state index contributed by atoms with van der Waals surface area (Å²) >= 11 is 1.89. The minimum Gasteiger partial charge on any atom is -0.312 e. The van der Waals surface area contributed by atoms with Gasteiger partial charge >= 0.3 is 0 Å². The Bertz CT molecular complexity index is 288. The van der Waals surface area contributed by atoms with E-state index in [-0.39, 0.29) is 24.8 Å². The molecule has 0 aliphatic carbocycles. The maximum Gasteiger partial charge on any atom is 0.0299 e. The number of hydrogen-bond acceptors (Lipinski definition) is 3. The van der Waals surface area contributed by atoms with E-state index >= 15 is 0 Å². The molecule has 1 heterocycles. The summed E-state index contributed by atoms with van der Waals surface area (Å²) < 4.78 is 0. The second-order valence-corrected chi connectivity index (χ2v) is 5.44.